The molecule has 2 fully saturated rings. The van der Waals surface area contributed by atoms with Crippen LogP contribution >= 0.6 is 0 Å². The van der Waals surface area contributed by atoms with Gasteiger partial charge in [0, 0.05) is 38.3 Å². The maximum absolute atomic E-state index is 11.3. The second-order valence-corrected chi connectivity index (χ2v) is 6.42. The number of nitrogens with zero attached hydrogens (tertiary/aromatic N) is 2. The number of amides is 1. The number of carbonyl (C=O) groups excluding carboxylic acids is 1. The van der Waals surface area contributed by atoms with Gasteiger partial charge >= 0.3 is 0 Å². The lowest BCUT2D eigenvalue weighted by atomic mass is 9.93. The molecule has 2 heterocycles. The van der Waals surface area contributed by atoms with Crippen molar-refractivity contribution in [1.82, 2.24) is 9.80 Å². The van der Waals surface area contributed by atoms with E-state index in [-0.39, 0.29) is 6.04 Å². The van der Waals surface area contributed by atoms with E-state index >= 15 is 0 Å². The summed E-state index contributed by atoms with van der Waals surface area (Å²) in [5.74, 6) is -0.423. The van der Waals surface area contributed by atoms with Crippen molar-refractivity contribution in [1.29, 1.82) is 0 Å². The Labute approximate surface area is 121 Å². The van der Waals surface area contributed by atoms with Gasteiger partial charge in [0.25, 0.3) is 0 Å². The van der Waals surface area contributed by atoms with E-state index in [1.54, 1.807) is 6.92 Å². The van der Waals surface area contributed by atoms with Crippen LogP contribution in [-0.2, 0) is 9.53 Å². The minimum absolute atomic E-state index is 0.281. The summed E-state index contributed by atoms with van der Waals surface area (Å²) in [4.78, 5) is 16.3. The third-order valence-corrected chi connectivity index (χ3v) is 4.66. The van der Waals surface area contributed by atoms with Crippen LogP contribution in [0.2, 0.25) is 0 Å². The van der Waals surface area contributed by atoms with Gasteiger partial charge in [-0.05, 0) is 26.7 Å². The number of morpholine rings is 1. The lowest BCUT2D eigenvalue weighted by Crippen LogP contribution is -2.53. The summed E-state index contributed by atoms with van der Waals surface area (Å²) >= 11 is 0. The van der Waals surface area contributed by atoms with Crippen molar-refractivity contribution in [2.24, 2.45) is 11.5 Å². The van der Waals surface area contributed by atoms with Gasteiger partial charge in [0.15, 0.2) is 0 Å². The van der Waals surface area contributed by atoms with Crippen LogP contribution in [0.4, 0.5) is 0 Å². The fraction of sp³-hybridized carbons (Fsp3) is 0.929. The van der Waals surface area contributed by atoms with Crippen molar-refractivity contribution in [3.8, 4) is 0 Å². The molecule has 6 heteroatoms. The molecule has 3 unspecified atom stereocenters. The van der Waals surface area contributed by atoms with Crippen LogP contribution in [0.1, 0.15) is 26.7 Å². The van der Waals surface area contributed by atoms with E-state index in [2.05, 4.69) is 16.7 Å². The highest BCUT2D eigenvalue weighted by molar-refractivity contribution is 5.83. The first-order valence-electron chi connectivity index (χ1n) is 7.55. The average Bonchev–Trinajstić information content (AvgIpc) is 2.88. The standard InChI is InChI=1S/C14H28N4O2/c1-11(9-14(2,16)13(15)19)18-4-3-12(10-18)17-5-7-20-8-6-17/h11-12H,3-10,16H2,1-2H3,(H2,15,19). The molecule has 0 radical (unpaired) electrons. The second kappa shape index (κ2) is 6.39. The van der Waals surface area contributed by atoms with Crippen molar-refractivity contribution in [3.63, 3.8) is 0 Å². The maximum atomic E-state index is 11.3. The van der Waals surface area contributed by atoms with Gasteiger partial charge in [-0.25, -0.2) is 0 Å². The Morgan fingerprint density at radius 1 is 1.40 bits per heavy atom. The molecule has 0 aromatic carbocycles. The number of ether oxygens (including phenoxy) is 1. The van der Waals surface area contributed by atoms with Gasteiger partial charge in [-0.2, -0.15) is 0 Å². The van der Waals surface area contributed by atoms with E-state index in [1.165, 1.54) is 6.42 Å². The van der Waals surface area contributed by atoms with Crippen molar-refractivity contribution in [2.45, 2.75) is 44.3 Å². The molecule has 1 amide bonds. The number of primary amides is 1. The topological polar surface area (TPSA) is 84.8 Å². The summed E-state index contributed by atoms with van der Waals surface area (Å²) in [6, 6.07) is 0.891. The zero-order valence-corrected chi connectivity index (χ0v) is 12.7. The van der Waals surface area contributed by atoms with Crippen LogP contribution in [0.5, 0.6) is 0 Å². The van der Waals surface area contributed by atoms with Crippen molar-refractivity contribution in [2.75, 3.05) is 39.4 Å². The normalized spacial score (nSPS) is 30.1. The summed E-state index contributed by atoms with van der Waals surface area (Å²) < 4.78 is 5.40. The molecule has 116 valence electrons. The quantitative estimate of drug-likeness (QED) is 0.702. The van der Waals surface area contributed by atoms with Crippen LogP contribution in [0.3, 0.4) is 0 Å². The first kappa shape index (κ1) is 15.7. The van der Waals surface area contributed by atoms with E-state index in [9.17, 15) is 4.79 Å². The van der Waals surface area contributed by atoms with Crippen LogP contribution < -0.4 is 11.5 Å². The van der Waals surface area contributed by atoms with Gasteiger partial charge in [-0.15, -0.1) is 0 Å². The van der Waals surface area contributed by atoms with Gasteiger partial charge in [0.2, 0.25) is 5.91 Å². The van der Waals surface area contributed by atoms with E-state index in [0.29, 0.717) is 12.5 Å². The highest BCUT2D eigenvalue weighted by Gasteiger charge is 2.35. The Hall–Kier alpha value is -0.690. The Kier molecular flexibility index (Phi) is 5.01. The molecule has 2 aliphatic heterocycles. The molecule has 0 saturated carbocycles. The Balaban J connectivity index is 1.84. The first-order valence-corrected chi connectivity index (χ1v) is 7.55. The van der Waals surface area contributed by atoms with Gasteiger partial charge in [0.05, 0.1) is 18.8 Å². The predicted molar refractivity (Wildman–Crippen MR) is 78.2 cm³/mol. The van der Waals surface area contributed by atoms with Gasteiger partial charge in [-0.1, -0.05) is 0 Å². The molecular weight excluding hydrogens is 256 g/mol. The molecule has 0 aromatic heterocycles. The van der Waals surface area contributed by atoms with Gasteiger partial charge in [0.1, 0.15) is 0 Å². The highest BCUT2D eigenvalue weighted by Crippen LogP contribution is 2.22. The zero-order valence-electron chi connectivity index (χ0n) is 12.7. The smallest absolute Gasteiger partial charge is 0.237 e. The fourth-order valence-corrected chi connectivity index (χ4v) is 3.25. The second-order valence-electron chi connectivity index (χ2n) is 6.42. The van der Waals surface area contributed by atoms with Crippen LogP contribution in [-0.4, -0.2) is 72.7 Å². The molecule has 20 heavy (non-hydrogen) atoms. The minimum Gasteiger partial charge on any atom is -0.379 e. The largest absolute Gasteiger partial charge is 0.379 e. The summed E-state index contributed by atoms with van der Waals surface area (Å²) in [6.45, 7) is 9.72. The molecule has 0 spiro atoms. The lowest BCUT2D eigenvalue weighted by molar-refractivity contribution is -0.123. The van der Waals surface area contributed by atoms with Crippen molar-refractivity contribution < 1.29 is 9.53 Å². The average molecular weight is 284 g/mol. The predicted octanol–water partition coefficient (Wildman–Crippen LogP) is -0.626. The van der Waals surface area contributed by atoms with E-state index < -0.39 is 11.4 Å². The van der Waals surface area contributed by atoms with Gasteiger partial charge < -0.3 is 16.2 Å². The van der Waals surface area contributed by atoms with E-state index in [0.717, 1.165) is 39.4 Å². The number of hydrogen-bond acceptors (Lipinski definition) is 5. The lowest BCUT2D eigenvalue weighted by Gasteiger charge is -2.34. The van der Waals surface area contributed by atoms with Crippen LogP contribution in [0.25, 0.3) is 0 Å². The third-order valence-electron chi connectivity index (χ3n) is 4.66. The molecule has 2 aliphatic rings. The van der Waals surface area contributed by atoms with Crippen LogP contribution in [0, 0.1) is 0 Å². The monoisotopic (exact) mass is 284 g/mol. The number of rotatable bonds is 5. The van der Waals surface area contributed by atoms with Crippen LogP contribution in [0.15, 0.2) is 0 Å². The number of hydrogen-bond donors (Lipinski definition) is 2. The SMILES string of the molecule is CC(CC(C)(N)C(N)=O)N1CCC(N2CCOCC2)C1. The van der Waals surface area contributed by atoms with Gasteiger partial charge in [-0.3, -0.25) is 14.6 Å². The molecule has 4 N–H and O–H groups in total. The Bertz CT molecular complexity index is 342. The first-order chi connectivity index (χ1) is 9.40. The van der Waals surface area contributed by atoms with E-state index in [1.807, 2.05) is 0 Å². The summed E-state index contributed by atoms with van der Waals surface area (Å²) in [7, 11) is 0. The Morgan fingerprint density at radius 2 is 2.05 bits per heavy atom. The molecule has 0 aliphatic carbocycles. The summed E-state index contributed by atoms with van der Waals surface area (Å²) in [5, 5.41) is 0. The van der Waals surface area contributed by atoms with Crippen molar-refractivity contribution >= 4 is 5.91 Å². The molecular formula is C14H28N4O2. The zero-order chi connectivity index (χ0) is 14.8. The summed E-state index contributed by atoms with van der Waals surface area (Å²) in [5.41, 5.74) is 10.4. The molecule has 0 aromatic rings. The van der Waals surface area contributed by atoms with Crippen molar-refractivity contribution in [3.05, 3.63) is 0 Å². The summed E-state index contributed by atoms with van der Waals surface area (Å²) in [6.07, 6.45) is 1.79. The maximum Gasteiger partial charge on any atom is 0.237 e. The minimum atomic E-state index is -0.920. The molecule has 2 saturated heterocycles. The molecule has 0 bridgehead atoms. The third kappa shape index (κ3) is 3.69. The number of carbonyl (C=O) groups is 1. The molecule has 6 nitrogen and oxygen atoms in total. The number of likely N-dealkylation sites (tertiary alicyclic amines) is 1. The Morgan fingerprint density at radius 3 is 2.65 bits per heavy atom. The highest BCUT2D eigenvalue weighted by atomic mass is 16.5. The van der Waals surface area contributed by atoms with E-state index in [4.69, 9.17) is 16.2 Å². The molecule has 3 atom stereocenters. The number of nitrogens with two attached hydrogens (primary N) is 2. The molecule has 2 rings (SSSR count). The fourth-order valence-electron chi connectivity index (χ4n) is 3.25.